The van der Waals surface area contributed by atoms with Gasteiger partial charge in [-0.3, -0.25) is 9.59 Å². The number of esters is 1. The summed E-state index contributed by atoms with van der Waals surface area (Å²) >= 11 is 3.11. The Morgan fingerprint density at radius 3 is 2.77 bits per heavy atom. The van der Waals surface area contributed by atoms with Gasteiger partial charge in [0.25, 0.3) is 5.56 Å². The maximum Gasteiger partial charge on any atom is 0.316 e. The molecule has 0 bridgehead atoms. The van der Waals surface area contributed by atoms with Gasteiger partial charge in [-0.15, -0.1) is 11.3 Å². The van der Waals surface area contributed by atoms with E-state index in [2.05, 4.69) is 9.55 Å². The molecule has 2 heterocycles. The van der Waals surface area contributed by atoms with Crippen molar-refractivity contribution in [1.82, 2.24) is 9.55 Å². The highest BCUT2D eigenvalue weighted by molar-refractivity contribution is 7.99. The molecule has 0 radical (unpaired) electrons. The largest absolute Gasteiger partial charge is 0.468 e. The highest BCUT2D eigenvalue weighted by atomic mass is 32.2. The summed E-state index contributed by atoms with van der Waals surface area (Å²) in [4.78, 5) is 31.3. The number of thiophene rings is 1. The Hall–Kier alpha value is -1.34. The van der Waals surface area contributed by atoms with E-state index in [-0.39, 0.29) is 17.3 Å². The minimum Gasteiger partial charge on any atom is -0.468 e. The molecule has 0 unspecified atom stereocenters. The number of rotatable bonds is 4. The summed E-state index contributed by atoms with van der Waals surface area (Å²) in [7, 11) is 1.39. The fourth-order valence-electron chi connectivity index (χ4n) is 4.17. The lowest BCUT2D eigenvalue weighted by Crippen LogP contribution is -2.22. The van der Waals surface area contributed by atoms with E-state index in [0.717, 1.165) is 42.3 Å². The molecule has 0 aliphatic heterocycles. The lowest BCUT2D eigenvalue weighted by Gasteiger charge is -2.27. The Morgan fingerprint density at radius 1 is 1.23 bits per heavy atom. The van der Waals surface area contributed by atoms with E-state index in [9.17, 15) is 9.59 Å². The molecule has 0 aromatic carbocycles. The summed E-state index contributed by atoms with van der Waals surface area (Å²) in [5.41, 5.74) is 1.11. The van der Waals surface area contributed by atoms with Gasteiger partial charge in [0.15, 0.2) is 5.16 Å². The van der Waals surface area contributed by atoms with Gasteiger partial charge in [0, 0.05) is 10.9 Å². The summed E-state index contributed by atoms with van der Waals surface area (Å²) < 4.78 is 7.05. The summed E-state index contributed by atoms with van der Waals surface area (Å²) in [6, 6.07) is 0.375. The van der Waals surface area contributed by atoms with Gasteiger partial charge in [0.2, 0.25) is 0 Å². The van der Waals surface area contributed by atoms with E-state index in [4.69, 9.17) is 4.74 Å². The maximum absolute atomic E-state index is 12.8. The number of fused-ring (bicyclic) bond motifs is 3. The van der Waals surface area contributed by atoms with Crippen molar-refractivity contribution in [2.75, 3.05) is 12.9 Å². The van der Waals surface area contributed by atoms with Crippen LogP contribution in [0.1, 0.15) is 61.4 Å². The Balaban J connectivity index is 1.86. The van der Waals surface area contributed by atoms with Gasteiger partial charge in [-0.1, -0.05) is 31.0 Å². The van der Waals surface area contributed by atoms with Crippen LogP contribution in [0.15, 0.2) is 9.95 Å². The Morgan fingerprint density at radius 2 is 2.00 bits per heavy atom. The molecule has 140 valence electrons. The zero-order valence-corrected chi connectivity index (χ0v) is 16.7. The molecule has 2 aromatic rings. The number of hydrogen-bond donors (Lipinski definition) is 0. The summed E-state index contributed by atoms with van der Waals surface area (Å²) in [5, 5.41) is 1.52. The lowest BCUT2D eigenvalue weighted by molar-refractivity contribution is -0.137. The van der Waals surface area contributed by atoms with Crippen LogP contribution in [-0.4, -0.2) is 28.4 Å². The Bertz CT molecular complexity index is 881. The Kier molecular flexibility index (Phi) is 5.36. The van der Waals surface area contributed by atoms with Crippen molar-refractivity contribution in [2.45, 2.75) is 69.0 Å². The van der Waals surface area contributed by atoms with Gasteiger partial charge in [-0.25, -0.2) is 0 Å². The van der Waals surface area contributed by atoms with Gasteiger partial charge in [-0.05, 0) is 44.1 Å². The first kappa shape index (κ1) is 18.0. The number of ether oxygens (including phenoxy) is 1. The van der Waals surface area contributed by atoms with Gasteiger partial charge in [0.1, 0.15) is 4.83 Å². The smallest absolute Gasteiger partial charge is 0.316 e. The van der Waals surface area contributed by atoms with Crippen LogP contribution in [0.5, 0.6) is 0 Å². The fraction of sp³-hybridized carbons (Fsp3) is 0.632. The first-order valence-electron chi connectivity index (χ1n) is 9.45. The molecule has 2 aliphatic carbocycles. The van der Waals surface area contributed by atoms with Crippen molar-refractivity contribution in [2.24, 2.45) is 0 Å². The third-order valence-corrected chi connectivity index (χ3v) is 7.69. The molecular weight excluding hydrogens is 368 g/mol. The molecule has 2 aliphatic rings. The molecule has 26 heavy (non-hydrogen) atoms. The predicted octanol–water partition coefficient (Wildman–Crippen LogP) is 4.11. The zero-order chi connectivity index (χ0) is 18.1. The first-order valence-corrected chi connectivity index (χ1v) is 11.3. The molecule has 0 spiro atoms. The molecule has 7 heteroatoms. The van der Waals surface area contributed by atoms with E-state index in [1.54, 1.807) is 11.3 Å². The number of methoxy groups -OCH3 is 1. The number of carbonyl (C=O) groups excluding carboxylic acids is 1. The third-order valence-electron chi connectivity index (χ3n) is 5.48. The van der Waals surface area contributed by atoms with Crippen LogP contribution in [0.4, 0.5) is 0 Å². The van der Waals surface area contributed by atoms with Crippen molar-refractivity contribution in [3.63, 3.8) is 0 Å². The minimum atomic E-state index is -0.287. The highest BCUT2D eigenvalue weighted by Gasteiger charge is 2.27. The van der Waals surface area contributed by atoms with Crippen LogP contribution in [0.2, 0.25) is 0 Å². The Labute approximate surface area is 161 Å². The van der Waals surface area contributed by atoms with Gasteiger partial charge in [-0.2, -0.15) is 4.98 Å². The van der Waals surface area contributed by atoms with Gasteiger partial charge >= 0.3 is 5.97 Å². The van der Waals surface area contributed by atoms with Gasteiger partial charge < -0.3 is 9.30 Å². The number of nitrogens with zero attached hydrogens (tertiary/aromatic N) is 2. The summed E-state index contributed by atoms with van der Waals surface area (Å²) in [6.45, 7) is 0. The van der Waals surface area contributed by atoms with E-state index >= 15 is 0 Å². The highest BCUT2D eigenvalue weighted by Crippen LogP contribution is 2.40. The van der Waals surface area contributed by atoms with Crippen molar-refractivity contribution in [3.05, 3.63) is 20.8 Å². The van der Waals surface area contributed by atoms with Crippen molar-refractivity contribution < 1.29 is 9.53 Å². The second-order valence-corrected chi connectivity index (χ2v) is 9.14. The van der Waals surface area contributed by atoms with Crippen LogP contribution in [0, 0.1) is 0 Å². The molecule has 0 saturated heterocycles. The van der Waals surface area contributed by atoms with Crippen molar-refractivity contribution in [1.29, 1.82) is 0 Å². The van der Waals surface area contributed by atoms with Crippen LogP contribution >= 0.6 is 23.1 Å². The third kappa shape index (κ3) is 3.31. The zero-order valence-electron chi connectivity index (χ0n) is 15.1. The molecular formula is C19H24N2O3S2. The molecule has 0 amide bonds. The second-order valence-electron chi connectivity index (χ2n) is 7.12. The molecule has 4 rings (SSSR count). The molecule has 5 nitrogen and oxygen atoms in total. The standard InChI is InChI=1S/C19H24N2O3S2/c1-24-15(22)11-25-19-20-17(23)16-13-9-5-6-10-14(13)26-18(16)21(19)12-7-3-2-4-8-12/h12H,2-11H2,1H3. The maximum atomic E-state index is 12.8. The number of aryl methyl sites for hydroxylation is 2. The first-order chi connectivity index (χ1) is 12.7. The average molecular weight is 393 g/mol. The topological polar surface area (TPSA) is 61.2 Å². The van der Waals surface area contributed by atoms with Crippen molar-refractivity contribution >= 4 is 39.3 Å². The average Bonchev–Trinajstić information content (AvgIpc) is 3.06. The summed E-state index contributed by atoms with van der Waals surface area (Å²) in [6.07, 6.45) is 10.4. The molecule has 1 saturated carbocycles. The molecule has 0 atom stereocenters. The van der Waals surface area contributed by atoms with Crippen LogP contribution < -0.4 is 5.56 Å². The summed E-state index contributed by atoms with van der Waals surface area (Å²) in [5.74, 6) is -0.100. The van der Waals surface area contributed by atoms with E-state index < -0.39 is 0 Å². The lowest BCUT2D eigenvalue weighted by atomic mass is 9.95. The predicted molar refractivity (Wildman–Crippen MR) is 105 cm³/mol. The van der Waals surface area contributed by atoms with Crippen LogP contribution in [0.25, 0.3) is 10.2 Å². The number of carbonyl (C=O) groups is 1. The minimum absolute atomic E-state index is 0.126. The van der Waals surface area contributed by atoms with Crippen LogP contribution in [0.3, 0.4) is 0 Å². The number of aromatic nitrogens is 2. The van der Waals surface area contributed by atoms with Crippen molar-refractivity contribution in [3.8, 4) is 0 Å². The normalized spacial score (nSPS) is 18.0. The molecule has 0 N–H and O–H groups in total. The molecule has 1 fully saturated rings. The number of hydrogen-bond acceptors (Lipinski definition) is 6. The van der Waals surface area contributed by atoms with Gasteiger partial charge in [0.05, 0.1) is 18.2 Å². The SMILES string of the molecule is COC(=O)CSc1nc(=O)c2c3c(sc2n1C1CCCCC1)CCCC3. The monoisotopic (exact) mass is 392 g/mol. The van der Waals surface area contributed by atoms with E-state index in [1.165, 1.54) is 55.0 Å². The second kappa shape index (κ2) is 7.72. The number of thioether (sulfide) groups is 1. The van der Waals surface area contributed by atoms with Crippen LogP contribution in [-0.2, 0) is 22.4 Å². The van der Waals surface area contributed by atoms with E-state index in [0.29, 0.717) is 11.2 Å². The fourth-order valence-corrected chi connectivity index (χ4v) is 6.57. The quantitative estimate of drug-likeness (QED) is 0.445. The van der Waals surface area contributed by atoms with E-state index in [1.807, 2.05) is 0 Å². The molecule has 2 aromatic heterocycles.